The first-order valence-corrected chi connectivity index (χ1v) is 8.72. The second kappa shape index (κ2) is 7.27. The van der Waals surface area contributed by atoms with Crippen molar-refractivity contribution in [2.24, 2.45) is 5.10 Å². The smallest absolute Gasteiger partial charge is 0.237 e. The van der Waals surface area contributed by atoms with Crippen molar-refractivity contribution in [2.75, 3.05) is 0 Å². The number of carbonyl (C=O) groups is 1. The van der Waals surface area contributed by atoms with Crippen LogP contribution in [0.3, 0.4) is 0 Å². The van der Waals surface area contributed by atoms with E-state index in [0.29, 0.717) is 0 Å². The van der Waals surface area contributed by atoms with E-state index in [1.807, 2.05) is 30.3 Å². The molecule has 24 heavy (non-hydrogen) atoms. The average molecular weight is 337 g/mol. The van der Waals surface area contributed by atoms with Gasteiger partial charge in [0.25, 0.3) is 0 Å². The number of hydrogen-bond acceptors (Lipinski definition) is 3. The number of aromatic nitrogens is 1. The van der Waals surface area contributed by atoms with Gasteiger partial charge in [-0.3, -0.25) is 9.36 Å². The number of para-hydroxylation sites is 1. The molecule has 0 unspecified atom stereocenters. The SMILES string of the molecule is CCc1ccc(-c2cs/c(=N/NC(C)=O)n2-c2ccccc2)cc1. The van der Waals surface area contributed by atoms with Crippen molar-refractivity contribution < 1.29 is 4.79 Å². The molecular weight excluding hydrogens is 318 g/mol. The Morgan fingerprint density at radius 1 is 1.12 bits per heavy atom. The number of benzene rings is 2. The fourth-order valence-corrected chi connectivity index (χ4v) is 3.32. The first-order valence-electron chi connectivity index (χ1n) is 7.84. The summed E-state index contributed by atoms with van der Waals surface area (Å²) in [5.41, 5.74) is 7.03. The number of carbonyl (C=O) groups excluding carboxylic acids is 1. The van der Waals surface area contributed by atoms with Crippen LogP contribution in [-0.4, -0.2) is 10.5 Å². The van der Waals surface area contributed by atoms with E-state index in [-0.39, 0.29) is 5.91 Å². The van der Waals surface area contributed by atoms with Crippen molar-refractivity contribution in [3.8, 4) is 16.9 Å². The molecule has 0 aliphatic carbocycles. The molecule has 0 fully saturated rings. The maximum absolute atomic E-state index is 11.2. The Labute approximate surface area is 145 Å². The second-order valence-electron chi connectivity index (χ2n) is 5.40. The van der Waals surface area contributed by atoms with Crippen LogP contribution in [0.5, 0.6) is 0 Å². The third kappa shape index (κ3) is 3.46. The van der Waals surface area contributed by atoms with Crippen LogP contribution in [0, 0.1) is 0 Å². The molecule has 1 aromatic heterocycles. The second-order valence-corrected chi connectivity index (χ2v) is 6.24. The fraction of sp³-hybridized carbons (Fsp3) is 0.158. The molecule has 5 heteroatoms. The number of nitrogens with zero attached hydrogens (tertiary/aromatic N) is 2. The Bertz CT molecular complexity index is 892. The van der Waals surface area contributed by atoms with Gasteiger partial charge in [0.05, 0.1) is 5.69 Å². The minimum absolute atomic E-state index is 0.183. The topological polar surface area (TPSA) is 46.4 Å². The summed E-state index contributed by atoms with van der Waals surface area (Å²) in [6.45, 7) is 3.60. The molecule has 0 atom stereocenters. The van der Waals surface area contributed by atoms with Crippen LogP contribution in [0.1, 0.15) is 19.4 Å². The highest BCUT2D eigenvalue weighted by atomic mass is 32.1. The molecule has 1 N–H and O–H groups in total. The van der Waals surface area contributed by atoms with Gasteiger partial charge in [0, 0.05) is 18.0 Å². The standard InChI is InChI=1S/C19H19N3OS/c1-3-15-9-11-16(12-10-15)18-13-24-19(21-20-14(2)23)22(18)17-7-5-4-6-8-17/h4-13H,3H2,1-2H3,(H,20,23)/b21-19+. The van der Waals surface area contributed by atoms with Crippen molar-refractivity contribution in [3.63, 3.8) is 0 Å². The first kappa shape index (κ1) is 16.2. The summed E-state index contributed by atoms with van der Waals surface area (Å²) >= 11 is 1.50. The minimum Gasteiger partial charge on any atom is -0.284 e. The van der Waals surface area contributed by atoms with Gasteiger partial charge in [0.15, 0.2) is 0 Å². The lowest BCUT2D eigenvalue weighted by Crippen LogP contribution is -2.22. The van der Waals surface area contributed by atoms with Crippen molar-refractivity contribution in [1.29, 1.82) is 0 Å². The summed E-state index contributed by atoms with van der Waals surface area (Å²) in [5, 5.41) is 6.31. The molecule has 122 valence electrons. The van der Waals surface area contributed by atoms with Crippen LogP contribution in [0.2, 0.25) is 0 Å². The van der Waals surface area contributed by atoms with Crippen molar-refractivity contribution in [2.45, 2.75) is 20.3 Å². The number of aryl methyl sites for hydroxylation is 1. The van der Waals surface area contributed by atoms with Crippen molar-refractivity contribution in [1.82, 2.24) is 9.99 Å². The first-order chi connectivity index (χ1) is 11.7. The lowest BCUT2D eigenvalue weighted by molar-refractivity contribution is -0.119. The normalized spacial score (nSPS) is 11.5. The summed E-state index contributed by atoms with van der Waals surface area (Å²) in [5.74, 6) is -0.183. The summed E-state index contributed by atoms with van der Waals surface area (Å²) in [7, 11) is 0. The van der Waals surface area contributed by atoms with Crippen molar-refractivity contribution in [3.05, 3.63) is 70.3 Å². The van der Waals surface area contributed by atoms with Crippen LogP contribution >= 0.6 is 11.3 Å². The van der Waals surface area contributed by atoms with Crippen LogP contribution in [0.25, 0.3) is 16.9 Å². The monoisotopic (exact) mass is 337 g/mol. The maximum Gasteiger partial charge on any atom is 0.237 e. The summed E-state index contributed by atoms with van der Waals surface area (Å²) < 4.78 is 2.06. The maximum atomic E-state index is 11.2. The molecular formula is C19H19N3OS. The third-order valence-corrected chi connectivity index (χ3v) is 4.52. The zero-order valence-electron chi connectivity index (χ0n) is 13.7. The zero-order chi connectivity index (χ0) is 16.9. The quantitative estimate of drug-likeness (QED) is 0.725. The molecule has 4 nitrogen and oxygen atoms in total. The minimum atomic E-state index is -0.183. The van der Waals surface area contributed by atoms with E-state index in [9.17, 15) is 4.79 Å². The summed E-state index contributed by atoms with van der Waals surface area (Å²) in [6, 6.07) is 18.6. The lowest BCUT2D eigenvalue weighted by Gasteiger charge is -2.09. The molecule has 3 rings (SSSR count). The van der Waals surface area contributed by atoms with E-state index in [2.05, 4.69) is 51.7 Å². The van der Waals surface area contributed by atoms with Gasteiger partial charge in [0.1, 0.15) is 0 Å². The van der Waals surface area contributed by atoms with Gasteiger partial charge in [-0.05, 0) is 29.7 Å². The molecule has 3 aromatic rings. The molecule has 2 aromatic carbocycles. The molecule has 0 saturated heterocycles. The van der Waals surface area contributed by atoms with Gasteiger partial charge in [-0.25, -0.2) is 5.43 Å². The van der Waals surface area contributed by atoms with E-state index < -0.39 is 0 Å². The lowest BCUT2D eigenvalue weighted by atomic mass is 10.1. The van der Waals surface area contributed by atoms with Crippen LogP contribution in [0.15, 0.2) is 65.1 Å². The van der Waals surface area contributed by atoms with E-state index >= 15 is 0 Å². The highest BCUT2D eigenvalue weighted by molar-refractivity contribution is 7.07. The van der Waals surface area contributed by atoms with Gasteiger partial charge in [-0.2, -0.15) is 0 Å². The zero-order valence-corrected chi connectivity index (χ0v) is 14.5. The van der Waals surface area contributed by atoms with Gasteiger partial charge < -0.3 is 0 Å². The molecule has 0 radical (unpaired) electrons. The predicted octanol–water partition coefficient (Wildman–Crippen LogP) is 3.72. The molecule has 0 aliphatic heterocycles. The Balaban J connectivity index is 2.15. The number of thiazole rings is 1. The molecule has 0 aliphatic rings. The van der Waals surface area contributed by atoms with Crippen LogP contribution in [0.4, 0.5) is 0 Å². The van der Waals surface area contributed by atoms with Crippen LogP contribution in [-0.2, 0) is 11.2 Å². The van der Waals surface area contributed by atoms with E-state index in [1.165, 1.54) is 23.8 Å². The highest BCUT2D eigenvalue weighted by Crippen LogP contribution is 2.24. The third-order valence-electron chi connectivity index (χ3n) is 3.69. The average Bonchev–Trinajstić information content (AvgIpc) is 3.04. The molecule has 0 saturated carbocycles. The molecule has 0 bridgehead atoms. The van der Waals surface area contributed by atoms with Gasteiger partial charge in [-0.1, -0.05) is 49.4 Å². The highest BCUT2D eigenvalue weighted by Gasteiger charge is 2.10. The Hall–Kier alpha value is -2.66. The number of hydrogen-bond donors (Lipinski definition) is 1. The van der Waals surface area contributed by atoms with Crippen LogP contribution < -0.4 is 10.2 Å². The fourth-order valence-electron chi connectivity index (χ4n) is 2.45. The number of rotatable bonds is 4. The van der Waals surface area contributed by atoms with Gasteiger partial charge in [0.2, 0.25) is 10.7 Å². The van der Waals surface area contributed by atoms with Crippen molar-refractivity contribution >= 4 is 17.2 Å². The Morgan fingerprint density at radius 3 is 2.46 bits per heavy atom. The number of amides is 1. The molecule has 1 amide bonds. The summed E-state index contributed by atoms with van der Waals surface area (Å²) in [4.78, 5) is 11.9. The van der Waals surface area contributed by atoms with Gasteiger partial charge >= 0.3 is 0 Å². The van der Waals surface area contributed by atoms with E-state index in [1.54, 1.807) is 0 Å². The predicted molar refractivity (Wildman–Crippen MR) is 97.8 cm³/mol. The Morgan fingerprint density at radius 2 is 1.83 bits per heavy atom. The Kier molecular flexibility index (Phi) is 4.91. The van der Waals surface area contributed by atoms with Gasteiger partial charge in [-0.15, -0.1) is 16.4 Å². The molecule has 1 heterocycles. The molecule has 0 spiro atoms. The summed E-state index contributed by atoms with van der Waals surface area (Å²) in [6.07, 6.45) is 1.02. The van der Waals surface area contributed by atoms with E-state index in [0.717, 1.165) is 28.2 Å². The largest absolute Gasteiger partial charge is 0.284 e. The number of nitrogens with one attached hydrogen (secondary N) is 1. The van der Waals surface area contributed by atoms with E-state index in [4.69, 9.17) is 0 Å².